The number of hydrogen-bond acceptors (Lipinski definition) is 7. The van der Waals surface area contributed by atoms with Crippen LogP contribution in [0, 0.1) is 25.2 Å². The van der Waals surface area contributed by atoms with E-state index >= 15 is 0 Å². The van der Waals surface area contributed by atoms with Crippen molar-refractivity contribution in [1.29, 1.82) is 5.41 Å². The molecule has 4 rings (SSSR count). The SMILES string of the molecule is COc1cc(/C=C2/C(=N)N3N=C(C(C)C)SC3=NC2=O)cc(Cl)c1OCCOc1c(C)cccc1C. The van der Waals surface area contributed by atoms with Gasteiger partial charge in [0.05, 0.1) is 17.7 Å². The summed E-state index contributed by atoms with van der Waals surface area (Å²) in [5, 5.41) is 15.9. The molecule has 0 saturated heterocycles. The summed E-state index contributed by atoms with van der Waals surface area (Å²) in [5.41, 5.74) is 2.80. The molecule has 2 aromatic carbocycles. The number of carbonyl (C=O) groups is 1. The first kappa shape index (κ1) is 25.8. The number of thioether (sulfide) groups is 1. The average Bonchev–Trinajstić information content (AvgIpc) is 3.26. The van der Waals surface area contributed by atoms with Crippen molar-refractivity contribution in [3.8, 4) is 17.2 Å². The number of hydrogen-bond donors (Lipinski definition) is 1. The molecule has 0 fully saturated rings. The number of hydrazone groups is 1. The van der Waals surface area contributed by atoms with Crippen molar-refractivity contribution in [3.05, 3.63) is 57.6 Å². The second-order valence-electron chi connectivity index (χ2n) is 8.56. The molecule has 0 spiro atoms. The van der Waals surface area contributed by atoms with Crippen LogP contribution in [0.2, 0.25) is 5.02 Å². The molecule has 1 N–H and O–H groups in total. The molecule has 0 unspecified atom stereocenters. The molecule has 36 heavy (non-hydrogen) atoms. The van der Waals surface area contributed by atoms with E-state index < -0.39 is 5.91 Å². The summed E-state index contributed by atoms with van der Waals surface area (Å²) in [6, 6.07) is 9.33. The van der Waals surface area contributed by atoms with Gasteiger partial charge in [0.15, 0.2) is 17.3 Å². The molecule has 2 aliphatic heterocycles. The van der Waals surface area contributed by atoms with Crippen LogP contribution in [0.4, 0.5) is 0 Å². The maximum atomic E-state index is 12.7. The number of aryl methyl sites for hydroxylation is 2. The minimum Gasteiger partial charge on any atom is -0.493 e. The largest absolute Gasteiger partial charge is 0.493 e. The average molecular weight is 527 g/mol. The molecule has 0 atom stereocenters. The molecule has 0 saturated carbocycles. The minimum atomic E-state index is -0.502. The van der Waals surface area contributed by atoms with Crippen LogP contribution in [0.3, 0.4) is 0 Å². The molecule has 1 amide bonds. The van der Waals surface area contributed by atoms with Gasteiger partial charge in [-0.2, -0.15) is 15.1 Å². The number of nitrogens with one attached hydrogen (secondary N) is 1. The van der Waals surface area contributed by atoms with E-state index in [0.717, 1.165) is 21.9 Å². The summed E-state index contributed by atoms with van der Waals surface area (Å²) >= 11 is 7.82. The molecule has 0 aliphatic carbocycles. The lowest BCUT2D eigenvalue weighted by Crippen LogP contribution is -2.35. The van der Waals surface area contributed by atoms with Crippen LogP contribution in [-0.4, -0.2) is 47.3 Å². The molecular formula is C26H27ClN4O4S. The summed E-state index contributed by atoms with van der Waals surface area (Å²) in [6.07, 6.45) is 1.56. The molecule has 0 radical (unpaired) electrons. The highest BCUT2D eigenvalue weighted by Gasteiger charge is 2.36. The number of halogens is 1. The summed E-state index contributed by atoms with van der Waals surface area (Å²) < 4.78 is 17.3. The van der Waals surface area contributed by atoms with Gasteiger partial charge in [-0.1, -0.05) is 43.6 Å². The topological polar surface area (TPSA) is 96.6 Å². The lowest BCUT2D eigenvalue weighted by Gasteiger charge is -2.20. The fraction of sp³-hybridized carbons (Fsp3) is 0.308. The van der Waals surface area contributed by atoms with Gasteiger partial charge in [-0.25, -0.2) is 0 Å². The third-order valence-corrected chi connectivity index (χ3v) is 7.00. The van der Waals surface area contributed by atoms with Crippen LogP contribution < -0.4 is 14.2 Å². The van der Waals surface area contributed by atoms with E-state index in [2.05, 4.69) is 10.1 Å². The van der Waals surface area contributed by atoms with Gasteiger partial charge in [0.1, 0.15) is 24.0 Å². The van der Waals surface area contributed by atoms with Crippen LogP contribution in [0.1, 0.15) is 30.5 Å². The zero-order valence-corrected chi connectivity index (χ0v) is 22.3. The Labute approximate surface area is 219 Å². The number of amides is 1. The fourth-order valence-electron chi connectivity index (χ4n) is 3.68. The van der Waals surface area contributed by atoms with Crippen molar-refractivity contribution in [3.63, 3.8) is 0 Å². The number of benzene rings is 2. The lowest BCUT2D eigenvalue weighted by atomic mass is 10.1. The summed E-state index contributed by atoms with van der Waals surface area (Å²) in [5.74, 6) is 1.24. The van der Waals surface area contributed by atoms with Gasteiger partial charge >= 0.3 is 0 Å². The highest BCUT2D eigenvalue weighted by Crippen LogP contribution is 2.38. The number of carbonyl (C=O) groups excluding carboxylic acids is 1. The fourth-order valence-corrected chi connectivity index (χ4v) is 4.85. The third-order valence-electron chi connectivity index (χ3n) is 5.51. The van der Waals surface area contributed by atoms with Crippen molar-refractivity contribution < 1.29 is 19.0 Å². The van der Waals surface area contributed by atoms with Crippen LogP contribution in [0.5, 0.6) is 17.2 Å². The number of methoxy groups -OCH3 is 1. The number of rotatable bonds is 8. The monoisotopic (exact) mass is 526 g/mol. The minimum absolute atomic E-state index is 0.0350. The van der Waals surface area contributed by atoms with E-state index in [-0.39, 0.29) is 23.9 Å². The van der Waals surface area contributed by atoms with E-state index in [1.54, 1.807) is 18.2 Å². The summed E-state index contributed by atoms with van der Waals surface area (Å²) in [7, 11) is 1.51. The highest BCUT2D eigenvalue weighted by atomic mass is 35.5. The quantitative estimate of drug-likeness (QED) is 0.350. The Morgan fingerprint density at radius 1 is 1.14 bits per heavy atom. The van der Waals surface area contributed by atoms with Gasteiger partial charge in [-0.3, -0.25) is 10.2 Å². The van der Waals surface area contributed by atoms with Crippen LogP contribution >= 0.6 is 23.4 Å². The Morgan fingerprint density at radius 2 is 1.81 bits per heavy atom. The molecule has 2 heterocycles. The van der Waals surface area contributed by atoms with Crippen molar-refractivity contribution in [2.24, 2.45) is 16.0 Å². The second-order valence-corrected chi connectivity index (χ2v) is 9.96. The summed E-state index contributed by atoms with van der Waals surface area (Å²) in [6.45, 7) is 8.58. The number of nitrogens with zero attached hydrogens (tertiary/aromatic N) is 3. The van der Waals surface area contributed by atoms with Gasteiger partial charge in [-0.15, -0.1) is 0 Å². The first-order valence-corrected chi connectivity index (χ1v) is 12.6. The Kier molecular flexibility index (Phi) is 7.70. The lowest BCUT2D eigenvalue weighted by molar-refractivity contribution is -0.114. The van der Waals surface area contributed by atoms with Crippen LogP contribution in [0.25, 0.3) is 6.08 Å². The maximum absolute atomic E-state index is 12.7. The van der Waals surface area contributed by atoms with Crippen molar-refractivity contribution in [2.45, 2.75) is 27.7 Å². The standard InChI is InChI=1S/C26H27ClN4O4S/c1-14(2)25-30-31-23(28)18(24(32)29-26(31)36-25)11-17-12-19(27)22(20(13-17)33-5)35-10-9-34-21-15(3)7-6-8-16(21)4/h6-8,11-14,28H,9-10H2,1-5H3/b18-11-,28-23?. The number of amidine groups is 2. The van der Waals surface area contributed by atoms with Crippen molar-refractivity contribution >= 4 is 51.4 Å². The van der Waals surface area contributed by atoms with E-state index in [1.165, 1.54) is 23.9 Å². The highest BCUT2D eigenvalue weighted by molar-refractivity contribution is 8.27. The molecule has 0 aromatic heterocycles. The zero-order valence-electron chi connectivity index (χ0n) is 20.7. The predicted molar refractivity (Wildman–Crippen MR) is 145 cm³/mol. The van der Waals surface area contributed by atoms with Gasteiger partial charge in [0.2, 0.25) is 5.17 Å². The third kappa shape index (κ3) is 5.27. The van der Waals surface area contributed by atoms with E-state index in [9.17, 15) is 4.79 Å². The van der Waals surface area contributed by atoms with Crippen molar-refractivity contribution in [1.82, 2.24) is 5.01 Å². The molecule has 2 aliphatic rings. The van der Waals surface area contributed by atoms with Gasteiger partial charge in [0, 0.05) is 5.92 Å². The smallest absolute Gasteiger partial charge is 0.283 e. The molecule has 10 heteroatoms. The number of para-hydroxylation sites is 1. The molecule has 2 aromatic rings. The van der Waals surface area contributed by atoms with E-state index in [0.29, 0.717) is 33.9 Å². The first-order chi connectivity index (χ1) is 17.2. The molecular weight excluding hydrogens is 500 g/mol. The molecule has 8 nitrogen and oxygen atoms in total. The molecule has 0 bridgehead atoms. The Hall–Kier alpha value is -3.30. The zero-order chi connectivity index (χ0) is 26.0. The predicted octanol–water partition coefficient (Wildman–Crippen LogP) is 5.70. The Morgan fingerprint density at radius 3 is 2.44 bits per heavy atom. The maximum Gasteiger partial charge on any atom is 0.283 e. The number of ether oxygens (including phenoxy) is 3. The number of aliphatic imine (C=N–C) groups is 1. The Bertz CT molecular complexity index is 1300. The first-order valence-electron chi connectivity index (χ1n) is 11.4. The second kappa shape index (κ2) is 10.8. The van der Waals surface area contributed by atoms with Crippen molar-refractivity contribution in [2.75, 3.05) is 20.3 Å². The Balaban J connectivity index is 1.50. The van der Waals surface area contributed by atoms with Gasteiger partial charge in [-0.05, 0) is 60.5 Å². The van der Waals surface area contributed by atoms with Crippen LogP contribution in [-0.2, 0) is 4.79 Å². The summed E-state index contributed by atoms with van der Waals surface area (Å²) in [4.78, 5) is 16.8. The normalized spacial score (nSPS) is 16.3. The van der Waals surface area contributed by atoms with Gasteiger partial charge < -0.3 is 14.2 Å². The van der Waals surface area contributed by atoms with Gasteiger partial charge in [0.25, 0.3) is 5.91 Å². The van der Waals surface area contributed by atoms with E-state index in [1.807, 2.05) is 45.9 Å². The van der Waals surface area contributed by atoms with E-state index in [4.69, 9.17) is 31.2 Å². The molecule has 188 valence electrons. The number of fused-ring (bicyclic) bond motifs is 1. The van der Waals surface area contributed by atoms with Crippen LogP contribution in [0.15, 0.2) is 46.0 Å².